The van der Waals surface area contributed by atoms with Gasteiger partial charge in [-0.15, -0.1) is 0 Å². The van der Waals surface area contributed by atoms with Crippen molar-refractivity contribution in [2.45, 2.75) is 39.7 Å². The Morgan fingerprint density at radius 2 is 1.69 bits per heavy atom. The predicted molar refractivity (Wildman–Crippen MR) is 117 cm³/mol. The van der Waals surface area contributed by atoms with Crippen LogP contribution in [-0.2, 0) is 16.0 Å². The number of cyclic esters (lactones) is 1. The Kier molecular flexibility index (Phi) is 7.10. The van der Waals surface area contributed by atoms with Gasteiger partial charge in [0.05, 0.1) is 0 Å². The number of anilines is 1. The molecule has 4 nitrogen and oxygen atoms in total. The number of carbonyl (C=O) groups excluding carboxylic acids is 1. The highest BCUT2D eigenvalue weighted by atomic mass is 16.5. The summed E-state index contributed by atoms with van der Waals surface area (Å²) in [5, 5.41) is 11.0. The van der Waals surface area contributed by atoms with E-state index in [1.165, 1.54) is 5.56 Å². The molecule has 29 heavy (non-hydrogen) atoms. The van der Waals surface area contributed by atoms with Crippen LogP contribution in [-0.4, -0.2) is 30.3 Å². The van der Waals surface area contributed by atoms with Crippen LogP contribution in [0.25, 0.3) is 0 Å². The second kappa shape index (κ2) is 9.75. The first-order valence-electron chi connectivity index (χ1n) is 10.5. The van der Waals surface area contributed by atoms with Crippen molar-refractivity contribution in [3.05, 3.63) is 77.5 Å². The zero-order valence-corrected chi connectivity index (χ0v) is 17.5. The summed E-state index contributed by atoms with van der Waals surface area (Å²) in [5.74, 6) is -0.0420. The van der Waals surface area contributed by atoms with Crippen LogP contribution >= 0.6 is 0 Å². The lowest BCUT2D eigenvalue weighted by Crippen LogP contribution is -2.42. The third-order valence-electron chi connectivity index (χ3n) is 5.49. The van der Waals surface area contributed by atoms with Crippen LogP contribution in [0.15, 0.2) is 71.9 Å². The Labute approximate surface area is 173 Å². The number of esters is 1. The fourth-order valence-electron chi connectivity index (χ4n) is 4.05. The van der Waals surface area contributed by atoms with E-state index < -0.39 is 6.10 Å². The van der Waals surface area contributed by atoms with Crippen molar-refractivity contribution in [1.29, 1.82) is 0 Å². The largest absolute Gasteiger partial charge is 0.458 e. The lowest BCUT2D eigenvalue weighted by Gasteiger charge is -2.37. The summed E-state index contributed by atoms with van der Waals surface area (Å²) >= 11 is 0. The highest BCUT2D eigenvalue weighted by Crippen LogP contribution is 2.35. The standard InChI is InChI=1S/C25H31NO3/c1-4-15-26(20-13-9-6-10-14-20)24-23(22(27)17-29-25(24)28)21(18(2)3)16-19-11-7-5-8-12-19/h5-14,18,21-22,27H,4,15-17H2,1-3H3/t21-,22+/m0/s1. The summed E-state index contributed by atoms with van der Waals surface area (Å²) in [5.41, 5.74) is 3.45. The number of rotatable bonds is 8. The van der Waals surface area contributed by atoms with Gasteiger partial charge in [-0.05, 0) is 47.9 Å². The van der Waals surface area contributed by atoms with Crippen molar-refractivity contribution in [2.24, 2.45) is 11.8 Å². The smallest absolute Gasteiger partial charge is 0.355 e. The van der Waals surface area contributed by atoms with Gasteiger partial charge in [0, 0.05) is 12.2 Å². The number of nitrogens with zero attached hydrogens (tertiary/aromatic N) is 1. The van der Waals surface area contributed by atoms with Crippen LogP contribution in [0.1, 0.15) is 32.8 Å². The van der Waals surface area contributed by atoms with E-state index in [-0.39, 0.29) is 24.4 Å². The van der Waals surface area contributed by atoms with Crippen molar-refractivity contribution >= 4 is 11.7 Å². The van der Waals surface area contributed by atoms with Crippen molar-refractivity contribution in [1.82, 2.24) is 0 Å². The summed E-state index contributed by atoms with van der Waals surface area (Å²) in [6.07, 6.45) is 0.859. The molecule has 0 bridgehead atoms. The van der Waals surface area contributed by atoms with E-state index in [2.05, 4.69) is 32.9 Å². The molecule has 0 aliphatic carbocycles. The number of hydrogen-bond acceptors (Lipinski definition) is 4. The maximum atomic E-state index is 13.0. The Morgan fingerprint density at radius 1 is 1.07 bits per heavy atom. The number of aliphatic hydroxyl groups excluding tert-OH is 1. The quantitative estimate of drug-likeness (QED) is 0.667. The summed E-state index contributed by atoms with van der Waals surface area (Å²) in [6.45, 7) is 7.09. The molecule has 0 unspecified atom stereocenters. The fourth-order valence-corrected chi connectivity index (χ4v) is 4.05. The molecule has 0 fully saturated rings. The number of ether oxygens (including phenoxy) is 1. The third kappa shape index (κ3) is 4.88. The SMILES string of the molecule is CCCN(C1=C([C@@H](Cc2ccccc2)C(C)C)[C@H](O)COC1=O)c1ccccc1. The van der Waals surface area contributed by atoms with Gasteiger partial charge < -0.3 is 14.7 Å². The lowest BCUT2D eigenvalue weighted by atomic mass is 9.79. The van der Waals surface area contributed by atoms with Gasteiger partial charge in [-0.25, -0.2) is 4.79 Å². The predicted octanol–water partition coefficient (Wildman–Crippen LogP) is 4.59. The molecule has 0 spiro atoms. The molecule has 0 saturated carbocycles. The molecule has 1 heterocycles. The van der Waals surface area contributed by atoms with E-state index in [1.54, 1.807) is 0 Å². The number of para-hydroxylation sites is 1. The van der Waals surface area contributed by atoms with Crippen LogP contribution in [0.3, 0.4) is 0 Å². The summed E-state index contributed by atoms with van der Waals surface area (Å²) in [4.78, 5) is 15.0. The van der Waals surface area contributed by atoms with Crippen molar-refractivity contribution in [3.8, 4) is 0 Å². The second-order valence-corrected chi connectivity index (χ2v) is 7.95. The molecule has 1 aliphatic rings. The van der Waals surface area contributed by atoms with Gasteiger partial charge in [0.2, 0.25) is 0 Å². The first-order valence-corrected chi connectivity index (χ1v) is 10.5. The Morgan fingerprint density at radius 3 is 2.28 bits per heavy atom. The minimum Gasteiger partial charge on any atom is -0.458 e. The first-order chi connectivity index (χ1) is 14.0. The highest BCUT2D eigenvalue weighted by Gasteiger charge is 2.37. The van der Waals surface area contributed by atoms with Gasteiger partial charge in [-0.3, -0.25) is 0 Å². The maximum Gasteiger partial charge on any atom is 0.355 e. The molecule has 0 aromatic heterocycles. The van der Waals surface area contributed by atoms with Crippen molar-refractivity contribution in [3.63, 3.8) is 0 Å². The maximum absolute atomic E-state index is 13.0. The molecule has 4 heteroatoms. The molecular weight excluding hydrogens is 362 g/mol. The van der Waals surface area contributed by atoms with Crippen LogP contribution in [0.5, 0.6) is 0 Å². The molecule has 0 saturated heterocycles. The van der Waals surface area contributed by atoms with Gasteiger partial charge in [-0.2, -0.15) is 0 Å². The zero-order chi connectivity index (χ0) is 20.8. The molecule has 1 aliphatic heterocycles. The van der Waals surface area contributed by atoms with Gasteiger partial charge in [0.25, 0.3) is 0 Å². The van der Waals surface area contributed by atoms with Gasteiger partial charge in [0.1, 0.15) is 18.4 Å². The molecular formula is C25H31NO3. The number of aliphatic hydroxyl groups is 1. The highest BCUT2D eigenvalue weighted by molar-refractivity contribution is 5.94. The van der Waals surface area contributed by atoms with E-state index in [0.29, 0.717) is 12.2 Å². The topological polar surface area (TPSA) is 49.8 Å². The van der Waals surface area contributed by atoms with E-state index in [1.807, 2.05) is 53.4 Å². The average molecular weight is 394 g/mol. The molecule has 1 N–H and O–H groups in total. The number of hydrogen-bond donors (Lipinski definition) is 1. The summed E-state index contributed by atoms with van der Waals surface area (Å²) < 4.78 is 5.37. The van der Waals surface area contributed by atoms with Crippen molar-refractivity contribution < 1.29 is 14.6 Å². The van der Waals surface area contributed by atoms with Gasteiger partial charge in [-0.1, -0.05) is 69.3 Å². The first kappa shape index (κ1) is 21.1. The Balaban J connectivity index is 2.12. The molecule has 154 valence electrons. The lowest BCUT2D eigenvalue weighted by molar-refractivity contribution is -0.143. The van der Waals surface area contributed by atoms with E-state index in [9.17, 15) is 9.90 Å². The molecule has 0 radical (unpaired) electrons. The normalized spacial score (nSPS) is 18.0. The van der Waals surface area contributed by atoms with Crippen LogP contribution in [0.4, 0.5) is 5.69 Å². The average Bonchev–Trinajstić information content (AvgIpc) is 2.73. The van der Waals surface area contributed by atoms with Gasteiger partial charge >= 0.3 is 5.97 Å². The molecule has 0 amide bonds. The van der Waals surface area contributed by atoms with Gasteiger partial charge in [0.15, 0.2) is 0 Å². The minimum absolute atomic E-state index is 0.0183. The van der Waals surface area contributed by atoms with Crippen LogP contribution < -0.4 is 4.90 Å². The molecule has 2 aromatic rings. The van der Waals surface area contributed by atoms with E-state index in [0.717, 1.165) is 24.1 Å². The summed E-state index contributed by atoms with van der Waals surface area (Å²) in [7, 11) is 0. The zero-order valence-electron chi connectivity index (χ0n) is 17.5. The van der Waals surface area contributed by atoms with Crippen LogP contribution in [0, 0.1) is 11.8 Å². The number of carbonyl (C=O) groups is 1. The van der Waals surface area contributed by atoms with E-state index >= 15 is 0 Å². The fraction of sp³-hybridized carbons (Fsp3) is 0.400. The third-order valence-corrected chi connectivity index (χ3v) is 5.49. The molecule has 3 rings (SSSR count). The van der Waals surface area contributed by atoms with E-state index in [4.69, 9.17) is 4.74 Å². The monoisotopic (exact) mass is 393 g/mol. The molecule has 2 aromatic carbocycles. The Hall–Kier alpha value is -2.59. The number of benzene rings is 2. The van der Waals surface area contributed by atoms with Crippen LogP contribution in [0.2, 0.25) is 0 Å². The van der Waals surface area contributed by atoms with Crippen molar-refractivity contribution in [2.75, 3.05) is 18.1 Å². The second-order valence-electron chi connectivity index (χ2n) is 7.95. The molecule has 2 atom stereocenters. The Bertz CT molecular complexity index is 830. The minimum atomic E-state index is -0.790. The summed E-state index contributed by atoms with van der Waals surface area (Å²) in [6, 6.07) is 20.1.